The minimum Gasteiger partial charge on any atom is -0.449 e. The number of nitrogens with one attached hydrogen (secondary N) is 1. The Bertz CT molecular complexity index is 1130. The third-order valence-electron chi connectivity index (χ3n) is 5.93. The number of anilines is 1. The van der Waals surface area contributed by atoms with Crippen molar-refractivity contribution in [3.63, 3.8) is 0 Å². The Morgan fingerprint density at radius 1 is 1.07 bits per heavy atom. The Kier molecular flexibility index (Phi) is 5.20. The lowest BCUT2D eigenvalue weighted by molar-refractivity contribution is 0.142. The number of hydrogen-bond donors (Lipinski definition) is 2. The maximum atomic E-state index is 12.4. The maximum absolute atomic E-state index is 12.4. The number of carbonyl (C=O) groups is 1. The molecule has 0 radical (unpaired) electrons. The summed E-state index contributed by atoms with van der Waals surface area (Å²) in [7, 11) is 0. The molecule has 0 saturated carbocycles. The van der Waals surface area contributed by atoms with Crippen LogP contribution in [0.4, 0.5) is 10.5 Å². The highest BCUT2D eigenvalue weighted by Crippen LogP contribution is 2.44. The molecule has 3 aromatic rings. The highest BCUT2D eigenvalue weighted by Gasteiger charge is 2.29. The highest BCUT2D eigenvalue weighted by molar-refractivity contribution is 5.79. The van der Waals surface area contributed by atoms with E-state index >= 15 is 0 Å². The van der Waals surface area contributed by atoms with Gasteiger partial charge < -0.3 is 15.8 Å². The molecule has 3 N–H and O–H groups in total. The van der Waals surface area contributed by atoms with Crippen molar-refractivity contribution < 1.29 is 9.53 Å². The normalized spacial score (nSPS) is 12.0. The van der Waals surface area contributed by atoms with Gasteiger partial charge in [-0.1, -0.05) is 54.5 Å². The van der Waals surface area contributed by atoms with Gasteiger partial charge >= 0.3 is 6.09 Å². The first-order valence-corrected chi connectivity index (χ1v) is 9.95. The van der Waals surface area contributed by atoms with Crippen molar-refractivity contribution >= 4 is 11.8 Å². The molecule has 0 unspecified atom stereocenters. The summed E-state index contributed by atoms with van der Waals surface area (Å²) in [5.74, 6) is 2.68. The Morgan fingerprint density at radius 3 is 2.27 bits per heavy atom. The molecule has 4 rings (SSSR count). The lowest BCUT2D eigenvalue weighted by Crippen LogP contribution is -2.26. The largest absolute Gasteiger partial charge is 0.449 e. The maximum Gasteiger partial charge on any atom is 0.407 e. The smallest absolute Gasteiger partial charge is 0.407 e. The van der Waals surface area contributed by atoms with Crippen LogP contribution in [-0.2, 0) is 11.3 Å². The van der Waals surface area contributed by atoms with Crippen molar-refractivity contribution in [1.29, 1.82) is 0 Å². The first kappa shape index (κ1) is 19.6. The number of amides is 1. The van der Waals surface area contributed by atoms with Crippen LogP contribution in [0, 0.1) is 26.2 Å². The molecule has 0 atom stereocenters. The molecule has 1 amide bonds. The number of nitrogen functional groups attached to an aromatic ring is 1. The molecule has 1 aliphatic rings. The van der Waals surface area contributed by atoms with Gasteiger partial charge in [-0.2, -0.15) is 0 Å². The third-order valence-corrected chi connectivity index (χ3v) is 5.93. The summed E-state index contributed by atoms with van der Waals surface area (Å²) in [6.07, 6.45) is 5.11. The summed E-state index contributed by atoms with van der Waals surface area (Å²) in [5, 5.41) is 2.82. The number of benzene rings is 3. The second-order valence-corrected chi connectivity index (χ2v) is 7.57. The molecule has 0 saturated heterocycles. The van der Waals surface area contributed by atoms with Gasteiger partial charge in [0.05, 0.1) is 0 Å². The summed E-state index contributed by atoms with van der Waals surface area (Å²) in [6.45, 7) is 4.42. The van der Waals surface area contributed by atoms with Gasteiger partial charge in [0.2, 0.25) is 0 Å². The predicted octanol–water partition coefficient (Wildman–Crippen LogP) is 4.91. The van der Waals surface area contributed by atoms with E-state index in [1.165, 1.54) is 22.3 Å². The highest BCUT2D eigenvalue weighted by atomic mass is 16.5. The van der Waals surface area contributed by atoms with E-state index in [1.807, 2.05) is 44.2 Å². The molecular formula is C26H24N2O2. The van der Waals surface area contributed by atoms with E-state index < -0.39 is 6.09 Å². The van der Waals surface area contributed by atoms with Crippen LogP contribution in [0.5, 0.6) is 0 Å². The molecule has 0 spiro atoms. The molecule has 0 bridgehead atoms. The average Bonchev–Trinajstić information content (AvgIpc) is 3.09. The van der Waals surface area contributed by atoms with Gasteiger partial charge in [0.15, 0.2) is 0 Å². The van der Waals surface area contributed by atoms with E-state index in [-0.39, 0.29) is 12.5 Å². The van der Waals surface area contributed by atoms with Crippen molar-refractivity contribution in [3.8, 4) is 23.5 Å². The second-order valence-electron chi connectivity index (χ2n) is 7.57. The third kappa shape index (κ3) is 3.40. The Hall–Kier alpha value is -3.71. The summed E-state index contributed by atoms with van der Waals surface area (Å²) in [4.78, 5) is 12.4. The number of hydrogen-bond acceptors (Lipinski definition) is 3. The lowest BCUT2D eigenvalue weighted by atomic mass is 9.97. The van der Waals surface area contributed by atoms with Crippen LogP contribution in [0.25, 0.3) is 11.1 Å². The van der Waals surface area contributed by atoms with Crippen molar-refractivity contribution in [2.24, 2.45) is 0 Å². The molecule has 150 valence electrons. The molecule has 4 heteroatoms. The summed E-state index contributed by atoms with van der Waals surface area (Å²) >= 11 is 0. The number of nitrogens with two attached hydrogens (primary N) is 1. The fourth-order valence-corrected chi connectivity index (χ4v) is 4.14. The van der Waals surface area contributed by atoms with Crippen molar-refractivity contribution in [2.45, 2.75) is 26.3 Å². The quantitative estimate of drug-likeness (QED) is 0.487. The standard InChI is InChI=1S/C26H24N2O2/c1-4-18-13-19(17(3)25(27)16(18)2)14-28-26(29)30-15-24-22-11-7-5-9-20(22)21-10-6-8-12-23(21)24/h1,5-13,24H,14-15,27H2,2-3H3,(H,28,29). The van der Waals surface area contributed by atoms with Crippen LogP contribution in [0.3, 0.4) is 0 Å². The van der Waals surface area contributed by atoms with Crippen LogP contribution in [0.15, 0.2) is 54.6 Å². The first-order chi connectivity index (χ1) is 14.5. The fourth-order valence-electron chi connectivity index (χ4n) is 4.14. The topological polar surface area (TPSA) is 64.3 Å². The van der Waals surface area contributed by atoms with Gasteiger partial charge in [-0.3, -0.25) is 0 Å². The minimum atomic E-state index is -0.460. The van der Waals surface area contributed by atoms with Gasteiger partial charge in [-0.15, -0.1) is 6.42 Å². The first-order valence-electron chi connectivity index (χ1n) is 9.95. The van der Waals surface area contributed by atoms with E-state index in [0.717, 1.165) is 22.3 Å². The summed E-state index contributed by atoms with van der Waals surface area (Å²) in [6, 6.07) is 18.4. The van der Waals surface area contributed by atoms with E-state index in [1.54, 1.807) is 0 Å². The van der Waals surface area contributed by atoms with Gasteiger partial charge in [-0.05, 0) is 58.9 Å². The lowest BCUT2D eigenvalue weighted by Gasteiger charge is -2.16. The number of terminal acetylenes is 1. The van der Waals surface area contributed by atoms with Crippen LogP contribution in [0.2, 0.25) is 0 Å². The van der Waals surface area contributed by atoms with E-state index in [0.29, 0.717) is 12.2 Å². The van der Waals surface area contributed by atoms with Gasteiger partial charge in [0.1, 0.15) is 6.61 Å². The van der Waals surface area contributed by atoms with Gasteiger partial charge in [0, 0.05) is 23.7 Å². The number of carbonyl (C=O) groups excluding carboxylic acids is 1. The zero-order valence-electron chi connectivity index (χ0n) is 17.2. The molecular weight excluding hydrogens is 372 g/mol. The van der Waals surface area contributed by atoms with Crippen LogP contribution in [0.1, 0.15) is 39.3 Å². The van der Waals surface area contributed by atoms with Crippen LogP contribution < -0.4 is 11.1 Å². The SMILES string of the molecule is C#Cc1cc(CNC(=O)OCC2c3ccccc3-c3ccccc32)c(C)c(N)c1C. The molecule has 3 aromatic carbocycles. The zero-order chi connectivity index (χ0) is 21.3. The summed E-state index contributed by atoms with van der Waals surface area (Å²) < 4.78 is 5.59. The number of alkyl carbamates (subject to hydrolysis) is 1. The number of ether oxygens (including phenoxy) is 1. The zero-order valence-corrected chi connectivity index (χ0v) is 17.2. The van der Waals surface area contributed by atoms with Crippen LogP contribution in [-0.4, -0.2) is 12.7 Å². The van der Waals surface area contributed by atoms with E-state index in [9.17, 15) is 4.79 Å². The van der Waals surface area contributed by atoms with Crippen molar-refractivity contribution in [2.75, 3.05) is 12.3 Å². The van der Waals surface area contributed by atoms with Crippen molar-refractivity contribution in [3.05, 3.63) is 88.0 Å². The average molecular weight is 396 g/mol. The van der Waals surface area contributed by atoms with E-state index in [4.69, 9.17) is 16.9 Å². The Morgan fingerprint density at radius 2 is 1.67 bits per heavy atom. The Balaban J connectivity index is 1.44. The molecule has 0 fully saturated rings. The molecule has 1 aliphatic carbocycles. The minimum absolute atomic E-state index is 0.0351. The molecule has 30 heavy (non-hydrogen) atoms. The molecule has 0 aromatic heterocycles. The molecule has 4 nitrogen and oxygen atoms in total. The number of fused-ring (bicyclic) bond motifs is 3. The van der Waals surface area contributed by atoms with Crippen molar-refractivity contribution in [1.82, 2.24) is 5.32 Å². The molecule has 0 aliphatic heterocycles. The Labute approximate surface area is 177 Å². The van der Waals surface area contributed by atoms with Gasteiger partial charge in [-0.25, -0.2) is 4.79 Å². The predicted molar refractivity (Wildman–Crippen MR) is 120 cm³/mol. The van der Waals surface area contributed by atoms with E-state index in [2.05, 4.69) is 35.5 Å². The van der Waals surface area contributed by atoms with Crippen LogP contribution >= 0.6 is 0 Å². The fraction of sp³-hybridized carbons (Fsp3) is 0.192. The monoisotopic (exact) mass is 396 g/mol. The second kappa shape index (κ2) is 7.96. The molecule has 0 heterocycles. The summed E-state index contributed by atoms with van der Waals surface area (Å²) in [5.41, 5.74) is 15.0. The number of rotatable bonds is 4. The van der Waals surface area contributed by atoms with Gasteiger partial charge in [0.25, 0.3) is 0 Å².